The highest BCUT2D eigenvalue weighted by Crippen LogP contribution is 2.26. The first-order chi connectivity index (χ1) is 12.8. The van der Waals surface area contributed by atoms with E-state index in [1.54, 1.807) is 0 Å². The summed E-state index contributed by atoms with van der Waals surface area (Å²) in [6.07, 6.45) is 6.19. The van der Waals surface area contributed by atoms with Crippen LogP contribution < -0.4 is 0 Å². The smallest absolute Gasteiger partial charge is 0.146 e. The van der Waals surface area contributed by atoms with Crippen LogP contribution in [0.25, 0.3) is 0 Å². The Morgan fingerprint density at radius 2 is 2.00 bits per heavy atom. The van der Waals surface area contributed by atoms with Crippen LogP contribution in [0, 0.1) is 0 Å². The Hall–Kier alpha value is -1.83. The zero-order valence-corrected chi connectivity index (χ0v) is 15.5. The Kier molecular flexibility index (Phi) is 5.57. The van der Waals surface area contributed by atoms with E-state index in [-0.39, 0.29) is 0 Å². The summed E-state index contributed by atoms with van der Waals surface area (Å²) in [4.78, 5) is 9.14. The second-order valence-corrected chi connectivity index (χ2v) is 7.36. The summed E-state index contributed by atoms with van der Waals surface area (Å²) in [6, 6.07) is 4.16. The van der Waals surface area contributed by atoms with Crippen LogP contribution in [0.5, 0.6) is 0 Å². The van der Waals surface area contributed by atoms with Crippen LogP contribution in [0.1, 0.15) is 36.0 Å². The Morgan fingerprint density at radius 3 is 2.81 bits per heavy atom. The SMILES string of the molecule is Cn1c(CN2CCOCC2)nnc1C1CCCN(Cc2cccnc2)C1. The predicted octanol–water partition coefficient (Wildman–Crippen LogP) is 1.42. The summed E-state index contributed by atoms with van der Waals surface area (Å²) in [5, 5.41) is 9.06. The number of hydrogen-bond donors (Lipinski definition) is 0. The van der Waals surface area contributed by atoms with Crippen molar-refractivity contribution in [2.75, 3.05) is 39.4 Å². The summed E-state index contributed by atoms with van der Waals surface area (Å²) >= 11 is 0. The number of pyridine rings is 1. The number of ether oxygens (including phenoxy) is 1. The molecule has 2 saturated heterocycles. The van der Waals surface area contributed by atoms with Gasteiger partial charge in [0.25, 0.3) is 0 Å². The molecule has 0 N–H and O–H groups in total. The molecule has 2 aromatic rings. The van der Waals surface area contributed by atoms with Crippen molar-refractivity contribution in [2.45, 2.75) is 31.8 Å². The molecular weight excluding hydrogens is 328 g/mol. The molecule has 2 aliphatic heterocycles. The van der Waals surface area contributed by atoms with Gasteiger partial charge in [-0.05, 0) is 31.0 Å². The van der Waals surface area contributed by atoms with Crippen LogP contribution in [0.15, 0.2) is 24.5 Å². The third kappa shape index (κ3) is 4.11. The van der Waals surface area contributed by atoms with Crippen molar-refractivity contribution < 1.29 is 4.74 Å². The minimum absolute atomic E-state index is 0.455. The molecule has 4 rings (SSSR count). The van der Waals surface area contributed by atoms with Gasteiger partial charge in [0.05, 0.1) is 19.8 Å². The van der Waals surface area contributed by atoms with Gasteiger partial charge < -0.3 is 9.30 Å². The molecule has 140 valence electrons. The molecular formula is C19H28N6O. The number of hydrogen-bond acceptors (Lipinski definition) is 6. The van der Waals surface area contributed by atoms with Crippen molar-refractivity contribution in [3.8, 4) is 0 Å². The highest BCUT2D eigenvalue weighted by atomic mass is 16.5. The normalized spacial score (nSPS) is 22.6. The van der Waals surface area contributed by atoms with Crippen LogP contribution >= 0.6 is 0 Å². The summed E-state index contributed by atoms with van der Waals surface area (Å²) in [7, 11) is 2.12. The van der Waals surface area contributed by atoms with E-state index in [1.165, 1.54) is 18.4 Å². The van der Waals surface area contributed by atoms with Gasteiger partial charge in [0.15, 0.2) is 0 Å². The highest BCUT2D eigenvalue weighted by molar-refractivity contribution is 5.09. The average Bonchev–Trinajstić information content (AvgIpc) is 3.04. The van der Waals surface area contributed by atoms with Crippen molar-refractivity contribution in [1.82, 2.24) is 29.5 Å². The standard InChI is InChI=1S/C19H28N6O/c1-23-18(15-24-8-10-26-11-9-24)21-22-19(23)17-5-3-7-25(14-17)13-16-4-2-6-20-12-16/h2,4,6,12,17H,3,5,7-11,13-15H2,1H3. The number of aromatic nitrogens is 4. The number of likely N-dealkylation sites (tertiary alicyclic amines) is 1. The van der Waals surface area contributed by atoms with Gasteiger partial charge in [-0.15, -0.1) is 10.2 Å². The first-order valence-corrected chi connectivity index (χ1v) is 9.59. The fraction of sp³-hybridized carbons (Fsp3) is 0.632. The molecule has 2 fully saturated rings. The Balaban J connectivity index is 1.40. The van der Waals surface area contributed by atoms with E-state index < -0.39 is 0 Å². The van der Waals surface area contributed by atoms with Crippen LogP contribution in [0.4, 0.5) is 0 Å². The van der Waals surface area contributed by atoms with Gasteiger partial charge in [-0.1, -0.05) is 6.07 Å². The molecule has 2 aliphatic rings. The van der Waals surface area contributed by atoms with E-state index in [1.807, 2.05) is 18.5 Å². The van der Waals surface area contributed by atoms with E-state index in [2.05, 4.69) is 42.7 Å². The van der Waals surface area contributed by atoms with Crippen molar-refractivity contribution in [2.24, 2.45) is 7.05 Å². The largest absolute Gasteiger partial charge is 0.379 e. The molecule has 1 unspecified atom stereocenters. The summed E-state index contributed by atoms with van der Waals surface area (Å²) in [5.41, 5.74) is 1.28. The maximum Gasteiger partial charge on any atom is 0.146 e. The number of morpholine rings is 1. The molecule has 7 nitrogen and oxygen atoms in total. The lowest BCUT2D eigenvalue weighted by atomic mass is 9.97. The third-order valence-electron chi connectivity index (χ3n) is 5.47. The molecule has 26 heavy (non-hydrogen) atoms. The van der Waals surface area contributed by atoms with Crippen LogP contribution in [-0.2, 0) is 24.9 Å². The first-order valence-electron chi connectivity index (χ1n) is 9.59. The molecule has 2 aromatic heterocycles. The molecule has 1 atom stereocenters. The molecule has 0 saturated carbocycles. The monoisotopic (exact) mass is 356 g/mol. The van der Waals surface area contributed by atoms with Gasteiger partial charge in [-0.2, -0.15) is 0 Å². The zero-order valence-electron chi connectivity index (χ0n) is 15.5. The number of nitrogens with zero attached hydrogens (tertiary/aromatic N) is 6. The minimum atomic E-state index is 0.455. The van der Waals surface area contributed by atoms with E-state index in [0.29, 0.717) is 5.92 Å². The lowest BCUT2D eigenvalue weighted by Crippen LogP contribution is -2.36. The van der Waals surface area contributed by atoms with E-state index >= 15 is 0 Å². The van der Waals surface area contributed by atoms with Gasteiger partial charge in [0.2, 0.25) is 0 Å². The third-order valence-corrected chi connectivity index (χ3v) is 5.47. The fourth-order valence-electron chi connectivity index (χ4n) is 3.99. The van der Waals surface area contributed by atoms with E-state index in [4.69, 9.17) is 4.74 Å². The van der Waals surface area contributed by atoms with E-state index in [0.717, 1.165) is 64.1 Å². The first kappa shape index (κ1) is 17.6. The lowest BCUT2D eigenvalue weighted by Gasteiger charge is -2.32. The maximum absolute atomic E-state index is 5.43. The Morgan fingerprint density at radius 1 is 1.12 bits per heavy atom. The topological polar surface area (TPSA) is 59.3 Å². The van der Waals surface area contributed by atoms with Crippen molar-refractivity contribution in [3.05, 3.63) is 41.7 Å². The zero-order chi connectivity index (χ0) is 17.8. The fourth-order valence-corrected chi connectivity index (χ4v) is 3.99. The van der Waals surface area contributed by atoms with Gasteiger partial charge in [-0.25, -0.2) is 0 Å². The summed E-state index contributed by atoms with van der Waals surface area (Å²) in [5.74, 6) is 2.65. The van der Waals surface area contributed by atoms with Gasteiger partial charge >= 0.3 is 0 Å². The second kappa shape index (κ2) is 8.24. The molecule has 0 spiro atoms. The molecule has 0 bridgehead atoms. The van der Waals surface area contributed by atoms with Crippen molar-refractivity contribution in [3.63, 3.8) is 0 Å². The second-order valence-electron chi connectivity index (χ2n) is 7.36. The van der Waals surface area contributed by atoms with Crippen molar-refractivity contribution >= 4 is 0 Å². The maximum atomic E-state index is 5.43. The average molecular weight is 356 g/mol. The van der Waals surface area contributed by atoms with Crippen LogP contribution in [0.3, 0.4) is 0 Å². The van der Waals surface area contributed by atoms with Crippen LogP contribution in [-0.4, -0.2) is 68.9 Å². The van der Waals surface area contributed by atoms with Crippen LogP contribution in [0.2, 0.25) is 0 Å². The minimum Gasteiger partial charge on any atom is -0.379 e. The highest BCUT2D eigenvalue weighted by Gasteiger charge is 2.26. The molecule has 0 radical (unpaired) electrons. The summed E-state index contributed by atoms with van der Waals surface area (Å²) in [6.45, 7) is 7.59. The van der Waals surface area contributed by atoms with Gasteiger partial charge in [-0.3, -0.25) is 14.8 Å². The quantitative estimate of drug-likeness (QED) is 0.808. The molecule has 7 heteroatoms. The van der Waals surface area contributed by atoms with Crippen molar-refractivity contribution in [1.29, 1.82) is 0 Å². The lowest BCUT2D eigenvalue weighted by molar-refractivity contribution is 0.0326. The molecule has 0 aliphatic carbocycles. The van der Waals surface area contributed by atoms with E-state index in [9.17, 15) is 0 Å². The Bertz CT molecular complexity index is 697. The van der Waals surface area contributed by atoms with Gasteiger partial charge in [0, 0.05) is 51.5 Å². The summed E-state index contributed by atoms with van der Waals surface area (Å²) < 4.78 is 7.65. The van der Waals surface area contributed by atoms with Gasteiger partial charge in [0.1, 0.15) is 11.6 Å². The predicted molar refractivity (Wildman–Crippen MR) is 98.6 cm³/mol. The number of rotatable bonds is 5. The molecule has 0 amide bonds. The Labute approximate surface area is 155 Å². The number of piperidine rings is 1. The molecule has 4 heterocycles. The molecule has 0 aromatic carbocycles.